The second-order valence-electron chi connectivity index (χ2n) is 3.92. The van der Waals surface area contributed by atoms with Crippen molar-refractivity contribution in [3.63, 3.8) is 0 Å². The van der Waals surface area contributed by atoms with E-state index in [0.29, 0.717) is 22.4 Å². The van der Waals surface area contributed by atoms with E-state index in [4.69, 9.17) is 21.0 Å². The summed E-state index contributed by atoms with van der Waals surface area (Å²) in [4.78, 5) is 10.9. The standard InChI is InChI=1S/C13H13N3O3/c1-19-10-5-4-7-2-3-8(12(14)15)6-9(7)11(10)16-13(17)18/h2-6,16H,1H3,(H3,14,15)(H,17,18). The summed E-state index contributed by atoms with van der Waals surface area (Å²) in [6.45, 7) is 0. The Balaban J connectivity index is 2.73. The molecule has 0 spiro atoms. The molecule has 0 aliphatic heterocycles. The molecule has 5 N–H and O–H groups in total. The maximum atomic E-state index is 10.9. The average Bonchev–Trinajstić information content (AvgIpc) is 2.38. The zero-order valence-electron chi connectivity index (χ0n) is 10.2. The Hall–Kier alpha value is -2.76. The molecule has 0 saturated carbocycles. The SMILES string of the molecule is COc1ccc2ccc(C(=N)N)cc2c1NC(=O)O. The van der Waals surface area contributed by atoms with Gasteiger partial charge in [0, 0.05) is 10.9 Å². The van der Waals surface area contributed by atoms with Crippen LogP contribution in [0, 0.1) is 5.41 Å². The first-order valence-electron chi connectivity index (χ1n) is 5.48. The molecule has 0 aliphatic carbocycles. The van der Waals surface area contributed by atoms with Gasteiger partial charge < -0.3 is 15.6 Å². The Morgan fingerprint density at radius 3 is 2.63 bits per heavy atom. The Labute approximate surface area is 109 Å². The first-order chi connectivity index (χ1) is 9.02. The lowest BCUT2D eigenvalue weighted by Crippen LogP contribution is -2.12. The summed E-state index contributed by atoms with van der Waals surface area (Å²) in [7, 11) is 1.46. The van der Waals surface area contributed by atoms with Gasteiger partial charge in [0.2, 0.25) is 0 Å². The molecule has 0 radical (unpaired) electrons. The third kappa shape index (κ3) is 2.42. The number of rotatable bonds is 3. The van der Waals surface area contributed by atoms with E-state index in [0.717, 1.165) is 5.39 Å². The van der Waals surface area contributed by atoms with E-state index in [1.54, 1.807) is 24.3 Å². The Morgan fingerprint density at radius 1 is 1.37 bits per heavy atom. The van der Waals surface area contributed by atoms with E-state index in [2.05, 4.69) is 5.32 Å². The lowest BCUT2D eigenvalue weighted by molar-refractivity contribution is 0.209. The summed E-state index contributed by atoms with van der Waals surface area (Å²) in [5.74, 6) is 0.335. The van der Waals surface area contributed by atoms with Crippen LogP contribution in [0.1, 0.15) is 5.56 Å². The minimum Gasteiger partial charge on any atom is -0.495 e. The van der Waals surface area contributed by atoms with Crippen molar-refractivity contribution in [3.8, 4) is 5.75 Å². The quantitative estimate of drug-likeness (QED) is 0.500. The summed E-state index contributed by atoms with van der Waals surface area (Å²) >= 11 is 0. The smallest absolute Gasteiger partial charge is 0.409 e. The number of nitrogen functional groups attached to an aromatic ring is 1. The van der Waals surface area contributed by atoms with Crippen molar-refractivity contribution in [1.82, 2.24) is 0 Å². The third-order valence-corrected chi connectivity index (χ3v) is 2.75. The van der Waals surface area contributed by atoms with E-state index in [-0.39, 0.29) is 5.84 Å². The topological polar surface area (TPSA) is 108 Å². The van der Waals surface area contributed by atoms with E-state index >= 15 is 0 Å². The van der Waals surface area contributed by atoms with Crippen LogP contribution >= 0.6 is 0 Å². The highest BCUT2D eigenvalue weighted by atomic mass is 16.5. The fourth-order valence-electron chi connectivity index (χ4n) is 1.87. The van der Waals surface area contributed by atoms with Gasteiger partial charge in [0.15, 0.2) is 0 Å². The number of ether oxygens (including phenoxy) is 1. The van der Waals surface area contributed by atoms with Crippen molar-refractivity contribution in [2.24, 2.45) is 5.73 Å². The van der Waals surface area contributed by atoms with E-state index in [1.807, 2.05) is 6.07 Å². The number of carboxylic acid groups (broad SMARTS) is 1. The Morgan fingerprint density at radius 2 is 2.05 bits per heavy atom. The highest BCUT2D eigenvalue weighted by Gasteiger charge is 2.12. The van der Waals surface area contributed by atoms with Gasteiger partial charge in [0.1, 0.15) is 11.6 Å². The number of nitrogens with two attached hydrogens (primary N) is 1. The van der Waals surface area contributed by atoms with Crippen molar-refractivity contribution in [3.05, 3.63) is 35.9 Å². The van der Waals surface area contributed by atoms with Gasteiger partial charge >= 0.3 is 6.09 Å². The fraction of sp³-hybridized carbons (Fsp3) is 0.0769. The van der Waals surface area contributed by atoms with E-state index in [1.165, 1.54) is 7.11 Å². The molecule has 0 fully saturated rings. The maximum absolute atomic E-state index is 10.9. The van der Waals surface area contributed by atoms with Gasteiger partial charge in [-0.25, -0.2) is 4.79 Å². The maximum Gasteiger partial charge on any atom is 0.409 e. The number of carbonyl (C=O) groups is 1. The monoisotopic (exact) mass is 259 g/mol. The molecule has 1 amide bonds. The molecular formula is C13H13N3O3. The predicted octanol–water partition coefficient (Wildman–Crippen LogP) is 2.22. The van der Waals surface area contributed by atoms with Crippen LogP contribution in [0.15, 0.2) is 30.3 Å². The summed E-state index contributed by atoms with van der Waals surface area (Å²) in [6, 6.07) is 8.64. The van der Waals surface area contributed by atoms with Gasteiger partial charge in [-0.15, -0.1) is 0 Å². The molecule has 19 heavy (non-hydrogen) atoms. The fourth-order valence-corrected chi connectivity index (χ4v) is 1.87. The minimum absolute atomic E-state index is 0.0778. The van der Waals surface area contributed by atoms with Crippen molar-refractivity contribution < 1.29 is 14.6 Å². The molecule has 0 heterocycles. The molecule has 2 aromatic rings. The van der Waals surface area contributed by atoms with Crippen molar-refractivity contribution in [2.45, 2.75) is 0 Å². The predicted molar refractivity (Wildman–Crippen MR) is 73.2 cm³/mol. The number of fused-ring (bicyclic) bond motifs is 1. The van der Waals surface area contributed by atoms with Gasteiger partial charge in [0.25, 0.3) is 0 Å². The molecule has 6 nitrogen and oxygen atoms in total. The number of methoxy groups -OCH3 is 1. The second kappa shape index (κ2) is 4.85. The lowest BCUT2D eigenvalue weighted by atomic mass is 10.0. The minimum atomic E-state index is -1.18. The molecule has 0 bridgehead atoms. The van der Waals surface area contributed by atoms with Crippen LogP contribution in [0.25, 0.3) is 10.8 Å². The highest BCUT2D eigenvalue weighted by Crippen LogP contribution is 2.33. The van der Waals surface area contributed by atoms with E-state index < -0.39 is 6.09 Å². The molecule has 0 aliphatic rings. The van der Waals surface area contributed by atoms with Crippen LogP contribution in [0.4, 0.5) is 10.5 Å². The third-order valence-electron chi connectivity index (χ3n) is 2.75. The molecular weight excluding hydrogens is 246 g/mol. The van der Waals surface area contributed by atoms with Crippen LogP contribution in [0.5, 0.6) is 5.75 Å². The zero-order valence-corrected chi connectivity index (χ0v) is 10.2. The van der Waals surface area contributed by atoms with Crippen LogP contribution in [-0.2, 0) is 0 Å². The molecule has 0 saturated heterocycles. The van der Waals surface area contributed by atoms with Gasteiger partial charge in [-0.2, -0.15) is 0 Å². The molecule has 98 valence electrons. The molecule has 6 heteroatoms. The number of anilines is 1. The first kappa shape index (κ1) is 12.7. The van der Waals surface area contributed by atoms with Gasteiger partial charge in [-0.3, -0.25) is 10.7 Å². The largest absolute Gasteiger partial charge is 0.495 e. The number of amides is 1. The molecule has 0 atom stereocenters. The van der Waals surface area contributed by atoms with Crippen molar-refractivity contribution >= 4 is 28.4 Å². The van der Waals surface area contributed by atoms with E-state index in [9.17, 15) is 4.79 Å². The molecule has 2 aromatic carbocycles. The first-order valence-corrected chi connectivity index (χ1v) is 5.48. The Bertz CT molecular complexity index is 667. The average molecular weight is 259 g/mol. The number of amidine groups is 1. The van der Waals surface area contributed by atoms with Crippen LogP contribution in [0.3, 0.4) is 0 Å². The normalized spacial score (nSPS) is 10.2. The van der Waals surface area contributed by atoms with Gasteiger partial charge in [-0.1, -0.05) is 18.2 Å². The number of benzene rings is 2. The summed E-state index contributed by atoms with van der Waals surface area (Å²) in [5, 5.41) is 20.1. The number of hydrogen-bond donors (Lipinski definition) is 4. The van der Waals surface area contributed by atoms with Crippen molar-refractivity contribution in [1.29, 1.82) is 5.41 Å². The second-order valence-corrected chi connectivity index (χ2v) is 3.92. The molecule has 0 aromatic heterocycles. The summed E-state index contributed by atoms with van der Waals surface area (Å²) in [6.07, 6.45) is -1.18. The summed E-state index contributed by atoms with van der Waals surface area (Å²) < 4.78 is 5.14. The molecule has 2 rings (SSSR count). The van der Waals surface area contributed by atoms with Crippen LogP contribution in [0.2, 0.25) is 0 Å². The van der Waals surface area contributed by atoms with Gasteiger partial charge in [-0.05, 0) is 17.5 Å². The number of hydrogen-bond acceptors (Lipinski definition) is 3. The van der Waals surface area contributed by atoms with Crippen LogP contribution in [-0.4, -0.2) is 24.1 Å². The van der Waals surface area contributed by atoms with Crippen LogP contribution < -0.4 is 15.8 Å². The molecule has 0 unspecified atom stereocenters. The Kier molecular flexibility index (Phi) is 3.24. The highest BCUT2D eigenvalue weighted by molar-refractivity contribution is 6.06. The zero-order chi connectivity index (χ0) is 14.0. The van der Waals surface area contributed by atoms with Crippen molar-refractivity contribution in [2.75, 3.05) is 12.4 Å². The summed E-state index contributed by atoms with van der Waals surface area (Å²) in [5.41, 5.74) is 6.31. The van der Waals surface area contributed by atoms with Gasteiger partial charge in [0.05, 0.1) is 12.8 Å². The number of nitrogens with one attached hydrogen (secondary N) is 2. The lowest BCUT2D eigenvalue weighted by Gasteiger charge is -2.12.